The van der Waals surface area contributed by atoms with Crippen molar-refractivity contribution in [1.82, 2.24) is 14.7 Å². The quantitative estimate of drug-likeness (QED) is 0.749. The number of likely N-dealkylation sites (N-methyl/N-ethyl adjacent to an activating group) is 1. The second-order valence-electron chi connectivity index (χ2n) is 10.1. The number of rotatable bonds is 6. The van der Waals surface area contributed by atoms with Gasteiger partial charge >= 0.3 is 0 Å². The van der Waals surface area contributed by atoms with Gasteiger partial charge in [-0.2, -0.15) is 0 Å². The van der Waals surface area contributed by atoms with Crippen molar-refractivity contribution in [3.63, 3.8) is 0 Å². The first kappa shape index (κ1) is 20.3. The van der Waals surface area contributed by atoms with E-state index in [1.807, 2.05) is 0 Å². The van der Waals surface area contributed by atoms with E-state index in [2.05, 4.69) is 59.9 Å². The van der Waals surface area contributed by atoms with E-state index in [0.717, 1.165) is 32.3 Å². The fourth-order valence-corrected chi connectivity index (χ4v) is 5.69. The lowest BCUT2D eigenvalue weighted by Crippen LogP contribution is -2.53. The maximum absolute atomic E-state index is 5.52. The van der Waals surface area contributed by atoms with Crippen LogP contribution >= 0.6 is 0 Å². The van der Waals surface area contributed by atoms with E-state index in [0.29, 0.717) is 11.5 Å². The Labute approximate surface area is 171 Å². The van der Waals surface area contributed by atoms with Crippen LogP contribution in [0.4, 0.5) is 0 Å². The highest BCUT2D eigenvalue weighted by atomic mass is 16.5. The zero-order valence-electron chi connectivity index (χ0n) is 18.2. The first-order valence-electron chi connectivity index (χ1n) is 11.3. The van der Waals surface area contributed by atoms with Crippen molar-refractivity contribution < 1.29 is 4.74 Å². The van der Waals surface area contributed by atoms with E-state index >= 15 is 0 Å². The van der Waals surface area contributed by atoms with Crippen LogP contribution in [-0.2, 0) is 17.6 Å². The number of benzene rings is 1. The summed E-state index contributed by atoms with van der Waals surface area (Å²) in [7, 11) is 2.36. The standard InChI is InChI=1S/C24H39N3O/c1-24(2,19-26-11-13-28-14-12-26)18-25(3)22-9-6-10-27(17-22)23-15-20-7-4-5-8-21(20)16-23/h4-5,7-8,22-23H,6,9-19H2,1-3H3/t22-/m1/s1. The molecule has 0 aromatic heterocycles. The molecular formula is C24H39N3O. The van der Waals surface area contributed by atoms with Crippen molar-refractivity contribution in [3.05, 3.63) is 35.4 Å². The number of piperidine rings is 1. The largest absolute Gasteiger partial charge is 0.379 e. The molecule has 3 aliphatic rings. The summed E-state index contributed by atoms with van der Waals surface area (Å²) in [6.07, 6.45) is 5.18. The molecule has 1 atom stereocenters. The fourth-order valence-electron chi connectivity index (χ4n) is 5.69. The van der Waals surface area contributed by atoms with E-state index in [1.165, 1.54) is 51.9 Å². The van der Waals surface area contributed by atoms with Gasteiger partial charge in [0.1, 0.15) is 0 Å². The minimum atomic E-state index is 0.317. The number of fused-ring (bicyclic) bond motifs is 1. The Morgan fingerprint density at radius 1 is 1.07 bits per heavy atom. The van der Waals surface area contributed by atoms with E-state index < -0.39 is 0 Å². The van der Waals surface area contributed by atoms with Crippen LogP contribution in [0.3, 0.4) is 0 Å². The summed E-state index contributed by atoms with van der Waals surface area (Å²) < 4.78 is 5.52. The first-order chi connectivity index (χ1) is 13.5. The molecule has 4 rings (SSSR count). The molecule has 1 aliphatic carbocycles. The lowest BCUT2D eigenvalue weighted by molar-refractivity contribution is 0.00902. The molecule has 4 heteroatoms. The van der Waals surface area contributed by atoms with Crippen LogP contribution < -0.4 is 0 Å². The van der Waals surface area contributed by atoms with Gasteiger partial charge in [0.05, 0.1) is 13.2 Å². The smallest absolute Gasteiger partial charge is 0.0594 e. The molecule has 0 spiro atoms. The average molecular weight is 386 g/mol. The van der Waals surface area contributed by atoms with Crippen molar-refractivity contribution in [3.8, 4) is 0 Å². The Kier molecular flexibility index (Phi) is 6.41. The molecule has 1 aromatic carbocycles. The molecular weight excluding hydrogens is 346 g/mol. The van der Waals surface area contributed by atoms with Gasteiger partial charge in [0.15, 0.2) is 0 Å². The van der Waals surface area contributed by atoms with Crippen LogP contribution in [0.25, 0.3) is 0 Å². The minimum absolute atomic E-state index is 0.317. The van der Waals surface area contributed by atoms with Crippen LogP contribution in [0.1, 0.15) is 37.8 Å². The van der Waals surface area contributed by atoms with Gasteiger partial charge in [0, 0.05) is 44.8 Å². The summed E-state index contributed by atoms with van der Waals surface area (Å²) in [5.74, 6) is 0. The van der Waals surface area contributed by atoms with Crippen molar-refractivity contribution in [2.24, 2.45) is 5.41 Å². The van der Waals surface area contributed by atoms with Crippen molar-refractivity contribution in [2.45, 2.75) is 51.6 Å². The monoisotopic (exact) mass is 385 g/mol. The topological polar surface area (TPSA) is 19.0 Å². The van der Waals surface area contributed by atoms with Crippen molar-refractivity contribution in [2.75, 3.05) is 59.5 Å². The van der Waals surface area contributed by atoms with Gasteiger partial charge in [0.25, 0.3) is 0 Å². The predicted octanol–water partition coefficient (Wildman–Crippen LogP) is 2.91. The van der Waals surface area contributed by atoms with Crippen LogP contribution in [0.15, 0.2) is 24.3 Å². The summed E-state index contributed by atoms with van der Waals surface area (Å²) in [5.41, 5.74) is 3.47. The van der Waals surface area contributed by atoms with E-state index in [4.69, 9.17) is 4.74 Å². The Bertz CT molecular complexity index is 615. The SMILES string of the molecule is CN(CC(C)(C)CN1CCOCC1)[C@@H]1CCCN(C2Cc3ccccc3C2)C1. The molecule has 1 aromatic rings. The molecule has 156 valence electrons. The van der Waals surface area contributed by atoms with E-state index in [-0.39, 0.29) is 0 Å². The van der Waals surface area contributed by atoms with Crippen molar-refractivity contribution >= 4 is 0 Å². The summed E-state index contributed by atoms with van der Waals surface area (Å²) in [4.78, 5) is 8.04. The van der Waals surface area contributed by atoms with Crippen LogP contribution in [-0.4, -0.2) is 86.3 Å². The van der Waals surface area contributed by atoms with Gasteiger partial charge in [-0.3, -0.25) is 9.80 Å². The molecule has 0 amide bonds. The molecule has 2 fully saturated rings. The molecule has 2 heterocycles. The molecule has 2 aliphatic heterocycles. The van der Waals surface area contributed by atoms with Crippen LogP contribution in [0.5, 0.6) is 0 Å². The Morgan fingerprint density at radius 2 is 1.75 bits per heavy atom. The number of hydrogen-bond acceptors (Lipinski definition) is 4. The Morgan fingerprint density at radius 3 is 2.43 bits per heavy atom. The summed E-state index contributed by atoms with van der Waals surface area (Å²) in [6, 6.07) is 10.5. The number of morpholine rings is 1. The second kappa shape index (κ2) is 8.83. The number of likely N-dealkylation sites (tertiary alicyclic amines) is 1. The van der Waals surface area contributed by atoms with Gasteiger partial charge < -0.3 is 9.64 Å². The Balaban J connectivity index is 1.30. The maximum Gasteiger partial charge on any atom is 0.0594 e. The second-order valence-corrected chi connectivity index (χ2v) is 10.1. The lowest BCUT2D eigenvalue weighted by Gasteiger charge is -2.43. The molecule has 0 saturated carbocycles. The van der Waals surface area contributed by atoms with Gasteiger partial charge in [-0.1, -0.05) is 38.1 Å². The minimum Gasteiger partial charge on any atom is -0.379 e. The third kappa shape index (κ3) is 4.96. The highest BCUT2D eigenvalue weighted by Crippen LogP contribution is 2.29. The zero-order valence-corrected chi connectivity index (χ0v) is 18.2. The maximum atomic E-state index is 5.52. The van der Waals surface area contributed by atoms with Gasteiger partial charge in [-0.25, -0.2) is 0 Å². The molecule has 2 saturated heterocycles. The van der Waals surface area contributed by atoms with Crippen LogP contribution in [0, 0.1) is 5.41 Å². The van der Waals surface area contributed by atoms with Gasteiger partial charge in [0.2, 0.25) is 0 Å². The molecule has 28 heavy (non-hydrogen) atoms. The molecule has 0 bridgehead atoms. The van der Waals surface area contributed by atoms with E-state index in [9.17, 15) is 0 Å². The average Bonchev–Trinajstić information content (AvgIpc) is 3.12. The third-order valence-electron chi connectivity index (χ3n) is 7.03. The first-order valence-corrected chi connectivity index (χ1v) is 11.3. The summed E-state index contributed by atoms with van der Waals surface area (Å²) in [5, 5.41) is 0. The number of hydrogen-bond donors (Lipinski definition) is 0. The summed E-state index contributed by atoms with van der Waals surface area (Å²) >= 11 is 0. The Hall–Kier alpha value is -0.940. The van der Waals surface area contributed by atoms with Gasteiger partial charge in [-0.05, 0) is 55.8 Å². The highest BCUT2D eigenvalue weighted by Gasteiger charge is 2.33. The number of nitrogens with zero attached hydrogens (tertiary/aromatic N) is 3. The summed E-state index contributed by atoms with van der Waals surface area (Å²) in [6.45, 7) is 13.7. The zero-order chi connectivity index (χ0) is 19.6. The molecule has 0 unspecified atom stereocenters. The highest BCUT2D eigenvalue weighted by molar-refractivity contribution is 5.33. The lowest BCUT2D eigenvalue weighted by atomic mass is 9.90. The normalized spacial score (nSPS) is 25.4. The predicted molar refractivity (Wildman–Crippen MR) is 116 cm³/mol. The molecule has 0 radical (unpaired) electrons. The number of ether oxygens (including phenoxy) is 1. The third-order valence-corrected chi connectivity index (χ3v) is 7.03. The molecule has 0 N–H and O–H groups in total. The molecule has 4 nitrogen and oxygen atoms in total. The van der Waals surface area contributed by atoms with E-state index in [1.54, 1.807) is 11.1 Å². The fraction of sp³-hybridized carbons (Fsp3) is 0.750. The van der Waals surface area contributed by atoms with Crippen molar-refractivity contribution in [1.29, 1.82) is 0 Å². The van der Waals surface area contributed by atoms with Crippen LogP contribution in [0.2, 0.25) is 0 Å². The van der Waals surface area contributed by atoms with Gasteiger partial charge in [-0.15, -0.1) is 0 Å².